The number of carbonyl (C=O) groups is 1. The van der Waals surface area contributed by atoms with E-state index in [0.717, 1.165) is 27.1 Å². The summed E-state index contributed by atoms with van der Waals surface area (Å²) in [5.74, 6) is -0.0358. The predicted molar refractivity (Wildman–Crippen MR) is 125 cm³/mol. The van der Waals surface area contributed by atoms with E-state index >= 15 is 0 Å². The van der Waals surface area contributed by atoms with E-state index in [0.29, 0.717) is 17.2 Å². The van der Waals surface area contributed by atoms with E-state index < -0.39 is 0 Å². The number of halogens is 1. The maximum absolute atomic E-state index is 12.7. The zero-order chi connectivity index (χ0) is 22.1. The van der Waals surface area contributed by atoms with Gasteiger partial charge in [-0.3, -0.25) is 10.1 Å². The maximum Gasteiger partial charge on any atom is 0.248 e. The Morgan fingerprint density at radius 1 is 1.12 bits per heavy atom. The smallest absolute Gasteiger partial charge is 0.248 e. The van der Waals surface area contributed by atoms with Crippen LogP contribution in [0.3, 0.4) is 0 Å². The van der Waals surface area contributed by atoms with Crippen molar-refractivity contribution >= 4 is 45.8 Å². The Balaban J connectivity index is 1.31. The van der Waals surface area contributed by atoms with Crippen molar-refractivity contribution in [2.24, 2.45) is 0 Å². The van der Waals surface area contributed by atoms with Crippen molar-refractivity contribution in [2.45, 2.75) is 20.0 Å². The van der Waals surface area contributed by atoms with Gasteiger partial charge in [-0.05, 0) is 42.1 Å². The summed E-state index contributed by atoms with van der Waals surface area (Å²) in [5.41, 5.74) is 3.60. The molecule has 4 heterocycles. The molecule has 0 radical (unpaired) electrons. The van der Waals surface area contributed by atoms with Crippen LogP contribution in [0.5, 0.6) is 0 Å². The number of hydrogen-bond acceptors (Lipinski definition) is 6. The highest BCUT2D eigenvalue weighted by atomic mass is 35.5. The number of aromatic nitrogens is 6. The summed E-state index contributed by atoms with van der Waals surface area (Å²) < 4.78 is 3.27. The van der Waals surface area contributed by atoms with Crippen LogP contribution in [0, 0.1) is 6.92 Å². The molecule has 0 aliphatic heterocycles. The number of rotatable bonds is 6. The summed E-state index contributed by atoms with van der Waals surface area (Å²) in [4.78, 5) is 22.4. The molecule has 160 valence electrons. The fourth-order valence-corrected chi connectivity index (χ4v) is 4.42. The van der Waals surface area contributed by atoms with E-state index in [1.807, 2.05) is 48.7 Å². The third kappa shape index (κ3) is 4.12. The van der Waals surface area contributed by atoms with Crippen LogP contribution >= 0.6 is 22.9 Å². The number of amides is 1. The first-order chi connectivity index (χ1) is 15.6. The predicted octanol–water partition coefficient (Wildman–Crippen LogP) is 4.40. The Kier molecular flexibility index (Phi) is 5.42. The number of aryl methyl sites for hydroxylation is 1. The number of nitrogens with zero attached hydrogens (tertiary/aromatic N) is 6. The second-order valence-corrected chi connectivity index (χ2v) is 8.60. The average Bonchev–Trinajstić information content (AvgIpc) is 3.52. The molecule has 32 heavy (non-hydrogen) atoms. The van der Waals surface area contributed by atoms with E-state index in [-0.39, 0.29) is 18.4 Å². The van der Waals surface area contributed by atoms with Crippen LogP contribution in [0.4, 0.5) is 5.95 Å². The molecular weight excluding hydrogens is 446 g/mol. The molecule has 0 aliphatic rings. The summed E-state index contributed by atoms with van der Waals surface area (Å²) in [6.07, 6.45) is 3.32. The van der Waals surface area contributed by atoms with Crippen LogP contribution in [-0.4, -0.2) is 35.4 Å². The lowest BCUT2D eigenvalue weighted by molar-refractivity contribution is -0.116. The third-order valence-electron chi connectivity index (χ3n) is 4.93. The Morgan fingerprint density at radius 3 is 2.75 bits per heavy atom. The van der Waals surface area contributed by atoms with Crippen LogP contribution < -0.4 is 5.32 Å². The van der Waals surface area contributed by atoms with E-state index in [4.69, 9.17) is 11.6 Å². The Morgan fingerprint density at radius 2 is 1.97 bits per heavy atom. The van der Waals surface area contributed by atoms with Crippen molar-refractivity contribution < 1.29 is 4.79 Å². The molecule has 10 heteroatoms. The number of hydrogen-bond donors (Lipinski definition) is 1. The minimum absolute atomic E-state index is 0.0109. The third-order valence-corrected chi connectivity index (χ3v) is 6.09. The summed E-state index contributed by atoms with van der Waals surface area (Å²) in [5, 5.41) is 15.3. The van der Waals surface area contributed by atoms with Crippen LogP contribution in [0.15, 0.2) is 60.4 Å². The van der Waals surface area contributed by atoms with Crippen molar-refractivity contribution in [3.8, 4) is 10.4 Å². The molecular formula is C22H18ClN7OS. The van der Waals surface area contributed by atoms with Crippen molar-refractivity contribution in [2.75, 3.05) is 5.32 Å². The van der Waals surface area contributed by atoms with Crippen molar-refractivity contribution in [1.29, 1.82) is 0 Å². The maximum atomic E-state index is 12.7. The van der Waals surface area contributed by atoms with Crippen molar-refractivity contribution in [3.05, 3.63) is 76.6 Å². The van der Waals surface area contributed by atoms with Gasteiger partial charge in [0, 0.05) is 21.7 Å². The van der Waals surface area contributed by atoms with E-state index in [2.05, 4.69) is 31.5 Å². The largest absolute Gasteiger partial charge is 0.292 e. The molecule has 1 aromatic carbocycles. The lowest BCUT2D eigenvalue weighted by Gasteiger charge is -2.04. The van der Waals surface area contributed by atoms with Gasteiger partial charge in [-0.2, -0.15) is 5.10 Å². The van der Waals surface area contributed by atoms with E-state index in [1.54, 1.807) is 33.2 Å². The number of carbonyl (C=O) groups excluding carboxylic acids is 1. The van der Waals surface area contributed by atoms with Gasteiger partial charge >= 0.3 is 0 Å². The monoisotopic (exact) mass is 463 g/mol. The minimum atomic E-state index is -0.276. The van der Waals surface area contributed by atoms with Crippen LogP contribution in [-0.2, 0) is 17.9 Å². The first kappa shape index (κ1) is 20.3. The number of fused-ring (bicyclic) bond motifs is 1. The van der Waals surface area contributed by atoms with Gasteiger partial charge in [0.15, 0.2) is 5.65 Å². The lowest BCUT2D eigenvalue weighted by atomic mass is 10.1. The first-order valence-electron chi connectivity index (χ1n) is 9.86. The Bertz CT molecular complexity index is 1390. The van der Waals surface area contributed by atoms with Gasteiger partial charge in [-0.25, -0.2) is 19.3 Å². The molecule has 0 aliphatic carbocycles. The molecule has 5 aromatic rings. The summed E-state index contributed by atoms with van der Waals surface area (Å²) >= 11 is 7.58. The Labute approximate surface area is 192 Å². The first-order valence-corrected chi connectivity index (χ1v) is 11.1. The van der Waals surface area contributed by atoms with Gasteiger partial charge in [0.2, 0.25) is 11.9 Å². The highest BCUT2D eigenvalue weighted by Crippen LogP contribution is 2.32. The lowest BCUT2D eigenvalue weighted by Crippen LogP contribution is -2.20. The number of pyridine rings is 1. The minimum Gasteiger partial charge on any atom is -0.292 e. The van der Waals surface area contributed by atoms with Crippen molar-refractivity contribution in [1.82, 2.24) is 29.5 Å². The molecule has 0 spiro atoms. The van der Waals surface area contributed by atoms with E-state index in [9.17, 15) is 4.79 Å². The van der Waals surface area contributed by atoms with Gasteiger partial charge in [0.1, 0.15) is 12.9 Å². The molecule has 0 saturated carbocycles. The quantitative estimate of drug-likeness (QED) is 0.403. The van der Waals surface area contributed by atoms with Crippen molar-refractivity contribution in [3.63, 3.8) is 0 Å². The van der Waals surface area contributed by atoms with E-state index in [1.165, 1.54) is 0 Å². The number of benzene rings is 1. The van der Waals surface area contributed by atoms with Gasteiger partial charge in [-0.1, -0.05) is 29.8 Å². The fourth-order valence-electron chi connectivity index (χ4n) is 3.53. The number of anilines is 1. The van der Waals surface area contributed by atoms with Gasteiger partial charge in [0.05, 0.1) is 17.6 Å². The SMILES string of the molecule is Cc1nn(CC(=O)Nc2ncn(Cc3ccc(Cl)cc3)n2)c2nccc(-c3cccs3)c12. The second kappa shape index (κ2) is 8.52. The summed E-state index contributed by atoms with van der Waals surface area (Å²) in [6.45, 7) is 2.46. The standard InChI is InChI=1S/C22H18ClN7OS/c1-14-20-17(18-3-2-10-32-18)8-9-24-21(20)30(27-14)12-19(31)26-22-25-13-29(28-22)11-15-4-6-16(23)7-5-15/h2-10,13H,11-12H2,1H3,(H,26,28,31). The van der Waals surface area contributed by atoms with Gasteiger partial charge in [-0.15, -0.1) is 16.4 Å². The fraction of sp³-hybridized carbons (Fsp3) is 0.136. The molecule has 1 amide bonds. The summed E-state index contributed by atoms with van der Waals surface area (Å²) in [6, 6.07) is 13.5. The Hall–Kier alpha value is -3.56. The topological polar surface area (TPSA) is 90.5 Å². The van der Waals surface area contributed by atoms with Crippen LogP contribution in [0.1, 0.15) is 11.3 Å². The van der Waals surface area contributed by atoms with Gasteiger partial charge in [0.25, 0.3) is 0 Å². The average molecular weight is 464 g/mol. The molecule has 1 N–H and O–H groups in total. The molecule has 0 atom stereocenters. The van der Waals surface area contributed by atoms with Crippen LogP contribution in [0.25, 0.3) is 21.5 Å². The molecule has 0 fully saturated rings. The highest BCUT2D eigenvalue weighted by molar-refractivity contribution is 7.13. The second-order valence-electron chi connectivity index (χ2n) is 7.22. The molecule has 4 aromatic heterocycles. The molecule has 0 unspecified atom stereocenters. The number of nitrogens with one attached hydrogen (secondary N) is 1. The molecule has 0 bridgehead atoms. The van der Waals surface area contributed by atoms with Gasteiger partial charge < -0.3 is 0 Å². The normalized spacial score (nSPS) is 11.2. The number of thiophene rings is 1. The zero-order valence-corrected chi connectivity index (χ0v) is 18.6. The highest BCUT2D eigenvalue weighted by Gasteiger charge is 2.17. The molecule has 8 nitrogen and oxygen atoms in total. The zero-order valence-electron chi connectivity index (χ0n) is 17.1. The molecule has 0 saturated heterocycles. The summed E-state index contributed by atoms with van der Waals surface area (Å²) in [7, 11) is 0. The molecule has 5 rings (SSSR count). The van der Waals surface area contributed by atoms with Crippen LogP contribution in [0.2, 0.25) is 5.02 Å².